The Morgan fingerprint density at radius 3 is 2.21 bits per heavy atom. The SMILES string of the molecule is C[C@@H](O)C[C@@H](O)CC(=O)OC(C)(C)C. The summed E-state index contributed by atoms with van der Waals surface area (Å²) in [4.78, 5) is 11.2. The summed E-state index contributed by atoms with van der Waals surface area (Å²) in [7, 11) is 0. The number of carbonyl (C=O) groups is 1. The minimum Gasteiger partial charge on any atom is -0.460 e. The van der Waals surface area contributed by atoms with Gasteiger partial charge in [-0.3, -0.25) is 4.79 Å². The zero-order chi connectivity index (χ0) is 11.4. The van der Waals surface area contributed by atoms with Crippen molar-refractivity contribution in [1.29, 1.82) is 0 Å². The van der Waals surface area contributed by atoms with Crippen LogP contribution in [-0.2, 0) is 9.53 Å². The Hall–Kier alpha value is -0.610. The van der Waals surface area contributed by atoms with E-state index in [-0.39, 0.29) is 12.8 Å². The second-order valence-electron chi connectivity index (χ2n) is 4.53. The first-order valence-corrected chi connectivity index (χ1v) is 4.78. The van der Waals surface area contributed by atoms with Crippen LogP contribution in [0.2, 0.25) is 0 Å². The number of hydrogen-bond donors (Lipinski definition) is 2. The lowest BCUT2D eigenvalue weighted by atomic mass is 10.1. The molecule has 0 aliphatic heterocycles. The largest absolute Gasteiger partial charge is 0.460 e. The molecule has 84 valence electrons. The number of carbonyl (C=O) groups excluding carboxylic acids is 1. The second kappa shape index (κ2) is 5.32. The smallest absolute Gasteiger partial charge is 0.308 e. The summed E-state index contributed by atoms with van der Waals surface area (Å²) in [6, 6.07) is 0. The summed E-state index contributed by atoms with van der Waals surface area (Å²) in [6.07, 6.45) is -1.31. The van der Waals surface area contributed by atoms with Crippen LogP contribution in [0.1, 0.15) is 40.5 Å². The summed E-state index contributed by atoms with van der Waals surface area (Å²) >= 11 is 0. The molecule has 0 saturated carbocycles. The quantitative estimate of drug-likeness (QED) is 0.666. The van der Waals surface area contributed by atoms with Crippen molar-refractivity contribution in [3.8, 4) is 0 Å². The Morgan fingerprint density at radius 2 is 1.86 bits per heavy atom. The molecule has 0 bridgehead atoms. The lowest BCUT2D eigenvalue weighted by molar-refractivity contribution is -0.157. The normalized spacial score (nSPS) is 16.1. The highest BCUT2D eigenvalue weighted by Crippen LogP contribution is 2.10. The fourth-order valence-electron chi connectivity index (χ4n) is 1.05. The molecule has 0 rings (SSSR count). The van der Waals surface area contributed by atoms with Crippen molar-refractivity contribution in [1.82, 2.24) is 0 Å². The van der Waals surface area contributed by atoms with Gasteiger partial charge in [0.15, 0.2) is 0 Å². The maximum absolute atomic E-state index is 11.2. The number of hydrogen-bond acceptors (Lipinski definition) is 4. The Bertz CT molecular complexity index is 181. The summed E-state index contributed by atoms with van der Waals surface area (Å²) in [5.74, 6) is -0.439. The predicted octanol–water partition coefficient (Wildman–Crippen LogP) is 0.850. The maximum atomic E-state index is 11.2. The molecule has 0 aliphatic carbocycles. The highest BCUT2D eigenvalue weighted by molar-refractivity contribution is 5.70. The fraction of sp³-hybridized carbons (Fsp3) is 0.900. The minimum absolute atomic E-state index is 0.0673. The Morgan fingerprint density at radius 1 is 1.36 bits per heavy atom. The van der Waals surface area contributed by atoms with E-state index in [4.69, 9.17) is 9.84 Å². The van der Waals surface area contributed by atoms with Gasteiger partial charge in [-0.25, -0.2) is 0 Å². The van der Waals surface area contributed by atoms with Crippen LogP contribution < -0.4 is 0 Å². The van der Waals surface area contributed by atoms with Gasteiger partial charge in [0.05, 0.1) is 18.6 Å². The van der Waals surface area contributed by atoms with Crippen LogP contribution in [0.15, 0.2) is 0 Å². The van der Waals surface area contributed by atoms with Gasteiger partial charge < -0.3 is 14.9 Å². The predicted molar refractivity (Wildman–Crippen MR) is 52.8 cm³/mol. The molecule has 0 heterocycles. The van der Waals surface area contributed by atoms with Crippen molar-refractivity contribution >= 4 is 5.97 Å². The lowest BCUT2D eigenvalue weighted by Gasteiger charge is -2.20. The minimum atomic E-state index is -0.829. The molecule has 0 fully saturated rings. The maximum Gasteiger partial charge on any atom is 0.308 e. The average Bonchev–Trinajstić information content (AvgIpc) is 1.77. The number of aliphatic hydroxyl groups excluding tert-OH is 2. The van der Waals surface area contributed by atoms with Crippen LogP contribution >= 0.6 is 0 Å². The van der Waals surface area contributed by atoms with Crippen LogP contribution in [0, 0.1) is 0 Å². The molecular weight excluding hydrogens is 184 g/mol. The van der Waals surface area contributed by atoms with E-state index in [9.17, 15) is 9.90 Å². The van der Waals surface area contributed by atoms with Crippen LogP contribution in [0.3, 0.4) is 0 Å². The molecular formula is C10H20O4. The Labute approximate surface area is 84.9 Å². The third kappa shape index (κ3) is 8.01. The van der Waals surface area contributed by atoms with Crippen LogP contribution in [0.5, 0.6) is 0 Å². The van der Waals surface area contributed by atoms with Crippen molar-refractivity contribution < 1.29 is 19.7 Å². The molecule has 0 unspecified atom stereocenters. The van der Waals surface area contributed by atoms with Gasteiger partial charge in [0, 0.05) is 0 Å². The molecule has 4 heteroatoms. The van der Waals surface area contributed by atoms with Crippen molar-refractivity contribution in [2.75, 3.05) is 0 Å². The standard InChI is InChI=1S/C10H20O4/c1-7(11)5-8(12)6-9(13)14-10(2,3)4/h7-8,11-12H,5-6H2,1-4H3/t7-,8-/m1/s1. The van der Waals surface area contributed by atoms with Gasteiger partial charge in [0.25, 0.3) is 0 Å². The molecule has 0 saturated heterocycles. The number of ether oxygens (including phenoxy) is 1. The first-order chi connectivity index (χ1) is 6.20. The fourth-order valence-corrected chi connectivity index (χ4v) is 1.05. The highest BCUT2D eigenvalue weighted by atomic mass is 16.6. The number of esters is 1. The zero-order valence-corrected chi connectivity index (χ0v) is 9.28. The third-order valence-electron chi connectivity index (χ3n) is 1.44. The topological polar surface area (TPSA) is 66.8 Å². The zero-order valence-electron chi connectivity index (χ0n) is 9.28. The van der Waals surface area contributed by atoms with Crippen LogP contribution in [0.4, 0.5) is 0 Å². The van der Waals surface area contributed by atoms with Crippen molar-refractivity contribution in [3.63, 3.8) is 0 Å². The van der Waals surface area contributed by atoms with Crippen LogP contribution in [0.25, 0.3) is 0 Å². The molecule has 0 spiro atoms. The van der Waals surface area contributed by atoms with E-state index in [1.165, 1.54) is 0 Å². The third-order valence-corrected chi connectivity index (χ3v) is 1.44. The highest BCUT2D eigenvalue weighted by Gasteiger charge is 2.19. The van der Waals surface area contributed by atoms with Gasteiger partial charge in [-0.15, -0.1) is 0 Å². The van der Waals surface area contributed by atoms with Gasteiger partial charge in [0.1, 0.15) is 5.60 Å². The molecule has 2 atom stereocenters. The second-order valence-corrected chi connectivity index (χ2v) is 4.53. The summed E-state index contributed by atoms with van der Waals surface area (Å²) in [5, 5.41) is 18.3. The molecule has 2 N–H and O–H groups in total. The molecule has 0 amide bonds. The number of rotatable bonds is 4. The lowest BCUT2D eigenvalue weighted by Crippen LogP contribution is -2.27. The molecule has 0 aromatic rings. The summed E-state index contributed by atoms with van der Waals surface area (Å²) in [6.45, 7) is 6.88. The average molecular weight is 204 g/mol. The van der Waals surface area contributed by atoms with Gasteiger partial charge in [-0.1, -0.05) is 0 Å². The molecule has 0 aromatic heterocycles. The van der Waals surface area contributed by atoms with Crippen molar-refractivity contribution in [2.24, 2.45) is 0 Å². The van der Waals surface area contributed by atoms with Crippen molar-refractivity contribution in [3.05, 3.63) is 0 Å². The molecule has 0 aliphatic rings. The van der Waals surface area contributed by atoms with E-state index >= 15 is 0 Å². The van der Waals surface area contributed by atoms with Gasteiger partial charge in [-0.05, 0) is 34.1 Å². The van der Waals surface area contributed by atoms with Crippen molar-refractivity contribution in [2.45, 2.75) is 58.3 Å². The summed E-state index contributed by atoms with van der Waals surface area (Å²) in [5.41, 5.74) is -0.526. The molecule has 4 nitrogen and oxygen atoms in total. The monoisotopic (exact) mass is 204 g/mol. The Balaban J connectivity index is 3.83. The van der Waals surface area contributed by atoms with E-state index in [1.807, 2.05) is 0 Å². The summed E-state index contributed by atoms with van der Waals surface area (Å²) < 4.78 is 5.01. The number of aliphatic hydroxyl groups is 2. The first-order valence-electron chi connectivity index (χ1n) is 4.78. The van der Waals surface area contributed by atoms with Gasteiger partial charge in [-0.2, -0.15) is 0 Å². The van der Waals surface area contributed by atoms with E-state index in [0.717, 1.165) is 0 Å². The van der Waals surface area contributed by atoms with E-state index in [2.05, 4.69) is 0 Å². The first kappa shape index (κ1) is 13.4. The Kier molecular flexibility index (Phi) is 5.08. The van der Waals surface area contributed by atoms with Gasteiger partial charge >= 0.3 is 5.97 Å². The van der Waals surface area contributed by atoms with E-state index in [1.54, 1.807) is 27.7 Å². The molecule has 0 aromatic carbocycles. The van der Waals surface area contributed by atoms with E-state index in [0.29, 0.717) is 0 Å². The van der Waals surface area contributed by atoms with Gasteiger partial charge in [0.2, 0.25) is 0 Å². The molecule has 0 radical (unpaired) electrons. The van der Waals surface area contributed by atoms with Crippen LogP contribution in [-0.4, -0.2) is 34.0 Å². The van der Waals surface area contributed by atoms with E-state index < -0.39 is 23.8 Å². The molecule has 14 heavy (non-hydrogen) atoms.